The Balaban J connectivity index is 1.43. The number of primary amides is 2. The van der Waals surface area contributed by atoms with Crippen LogP contribution in [-0.2, 0) is 14.3 Å². The standard InChI is InChI=1S/C41H50N6O6/c1-27-7-11-32-35(21-27)51-19-20-52-36-22-28(8-12-33(36)47(26-39(43)49)16-18-50-17-15-46(32)25-38(42)48)40-30-10-9-29(44(3)4)23-34(30)53-37-24-41(2,45(5)6)14-13-31(37)40/h7-14,21-24H,15-20,25-26H2,1-6H3,(H2,42,48)(H2,43,49). The van der Waals surface area contributed by atoms with Crippen molar-refractivity contribution < 1.29 is 28.5 Å². The summed E-state index contributed by atoms with van der Waals surface area (Å²) in [5.74, 6) is 1.78. The number of nitrogens with zero attached hydrogens (tertiary/aromatic N) is 4. The van der Waals surface area contributed by atoms with Crippen molar-refractivity contribution in [2.45, 2.75) is 19.4 Å². The molecule has 53 heavy (non-hydrogen) atoms. The molecule has 2 amide bonds. The van der Waals surface area contributed by atoms with E-state index in [-0.39, 0.29) is 31.8 Å². The summed E-state index contributed by atoms with van der Waals surface area (Å²) in [7, 11) is 8.12. The Morgan fingerprint density at radius 3 is 2.02 bits per heavy atom. The zero-order valence-corrected chi connectivity index (χ0v) is 31.5. The van der Waals surface area contributed by atoms with Gasteiger partial charge in [-0.25, -0.2) is 0 Å². The summed E-state index contributed by atoms with van der Waals surface area (Å²) in [5, 5.41) is 0. The molecular weight excluding hydrogens is 672 g/mol. The summed E-state index contributed by atoms with van der Waals surface area (Å²) in [6.07, 6.45) is 6.47. The highest BCUT2D eigenvalue weighted by molar-refractivity contribution is 5.92. The van der Waals surface area contributed by atoms with E-state index in [0.717, 1.165) is 50.7 Å². The highest BCUT2D eigenvalue weighted by Gasteiger charge is 2.33. The lowest BCUT2D eigenvalue weighted by atomic mass is 9.83. The maximum absolute atomic E-state index is 12.4. The maximum atomic E-state index is 12.4. The number of benzene rings is 3. The fourth-order valence-corrected chi connectivity index (χ4v) is 6.69. The lowest BCUT2D eigenvalue weighted by molar-refractivity contribution is -0.117. The number of hydrogen-bond acceptors (Lipinski definition) is 10. The van der Waals surface area contributed by atoms with Crippen LogP contribution in [-0.4, -0.2) is 103 Å². The molecule has 3 aliphatic rings. The van der Waals surface area contributed by atoms with Crippen LogP contribution in [0.1, 0.15) is 23.6 Å². The Hall–Kier alpha value is -5.46. The second kappa shape index (κ2) is 15.6. The van der Waals surface area contributed by atoms with E-state index < -0.39 is 11.8 Å². The molecule has 3 aromatic rings. The summed E-state index contributed by atoms with van der Waals surface area (Å²) in [4.78, 5) is 32.3. The largest absolute Gasteiger partial charge is 0.488 e. The minimum atomic E-state index is -0.481. The molecule has 0 saturated heterocycles. The Morgan fingerprint density at radius 1 is 0.792 bits per heavy atom. The van der Waals surface area contributed by atoms with E-state index in [4.69, 9.17) is 30.4 Å². The summed E-state index contributed by atoms with van der Waals surface area (Å²) in [6.45, 7) is 5.91. The van der Waals surface area contributed by atoms with E-state index in [0.29, 0.717) is 43.5 Å². The van der Waals surface area contributed by atoms with Crippen molar-refractivity contribution in [1.29, 1.82) is 0 Å². The molecular formula is C41H50N6O6. The van der Waals surface area contributed by atoms with Gasteiger partial charge in [-0.15, -0.1) is 0 Å². The predicted octanol–water partition coefficient (Wildman–Crippen LogP) is 4.10. The van der Waals surface area contributed by atoms with E-state index in [9.17, 15) is 9.59 Å². The van der Waals surface area contributed by atoms with E-state index in [1.165, 1.54) is 0 Å². The second-order valence-corrected chi connectivity index (χ2v) is 14.2. The van der Waals surface area contributed by atoms with Crippen LogP contribution >= 0.6 is 0 Å². The molecule has 1 unspecified atom stereocenters. The number of carbonyl (C=O) groups excluding carboxylic acids is 2. The lowest BCUT2D eigenvalue weighted by Crippen LogP contribution is -2.39. The highest BCUT2D eigenvalue weighted by atomic mass is 16.5. The third kappa shape index (κ3) is 8.29. The molecule has 12 heteroatoms. The Kier molecular flexibility index (Phi) is 11.0. The average Bonchev–Trinajstić information content (AvgIpc) is 3.10. The molecule has 1 atom stereocenters. The van der Waals surface area contributed by atoms with Crippen LogP contribution in [0.4, 0.5) is 17.1 Å². The number of carbonyl (C=O) groups is 2. The molecule has 2 heterocycles. The fraction of sp³-hybridized carbons (Fsp3) is 0.366. The molecule has 12 nitrogen and oxygen atoms in total. The average molecular weight is 723 g/mol. The lowest BCUT2D eigenvalue weighted by Gasteiger charge is -2.36. The molecule has 4 N–H and O–H groups in total. The smallest absolute Gasteiger partial charge is 0.236 e. The number of aryl methyl sites for hydroxylation is 1. The molecule has 6 rings (SSSR count). The minimum absolute atomic E-state index is 0.00421. The fourth-order valence-electron chi connectivity index (χ4n) is 6.69. The number of nitrogens with two attached hydrogens (primary N) is 2. The number of amides is 2. The summed E-state index contributed by atoms with van der Waals surface area (Å²) in [6, 6.07) is 18.1. The van der Waals surface area contributed by atoms with E-state index >= 15 is 0 Å². The second-order valence-electron chi connectivity index (χ2n) is 14.2. The molecule has 0 aromatic heterocycles. The monoisotopic (exact) mass is 722 g/mol. The molecule has 280 valence electrons. The zero-order valence-electron chi connectivity index (χ0n) is 31.5. The van der Waals surface area contributed by atoms with Crippen LogP contribution in [0.2, 0.25) is 0 Å². The van der Waals surface area contributed by atoms with Crippen molar-refractivity contribution in [3.63, 3.8) is 0 Å². The molecule has 0 bridgehead atoms. The van der Waals surface area contributed by atoms with Gasteiger partial charge in [-0.3, -0.25) is 14.5 Å². The molecule has 0 spiro atoms. The van der Waals surface area contributed by atoms with Crippen molar-refractivity contribution in [3.8, 4) is 17.2 Å². The first-order valence-corrected chi connectivity index (χ1v) is 17.8. The molecule has 0 radical (unpaired) electrons. The maximum Gasteiger partial charge on any atom is 0.236 e. The number of hydrogen-bond donors (Lipinski definition) is 2. The molecule has 1 aliphatic carbocycles. The number of rotatable bonds is 7. The van der Waals surface area contributed by atoms with Gasteiger partial charge in [-0.2, -0.15) is 0 Å². The van der Waals surface area contributed by atoms with E-state index in [2.05, 4.69) is 53.2 Å². The van der Waals surface area contributed by atoms with Crippen molar-refractivity contribution >= 4 is 34.4 Å². The van der Waals surface area contributed by atoms with Crippen LogP contribution in [0.5, 0.6) is 17.2 Å². The van der Waals surface area contributed by atoms with Crippen LogP contribution < -0.4 is 40.4 Å². The van der Waals surface area contributed by atoms with Gasteiger partial charge in [-0.05, 0) is 81.5 Å². The molecule has 0 saturated carbocycles. The van der Waals surface area contributed by atoms with Gasteiger partial charge in [0.1, 0.15) is 36.2 Å². The van der Waals surface area contributed by atoms with Crippen LogP contribution in [0, 0.1) is 6.92 Å². The van der Waals surface area contributed by atoms with Gasteiger partial charge in [0.15, 0.2) is 0 Å². The Labute approximate surface area is 311 Å². The number of likely N-dealkylation sites (N-methyl/N-ethyl adjacent to an activating group) is 1. The first kappa shape index (κ1) is 37.3. The van der Waals surface area contributed by atoms with Gasteiger partial charge < -0.3 is 45.1 Å². The van der Waals surface area contributed by atoms with Crippen molar-refractivity contribution in [2.24, 2.45) is 11.5 Å². The third-order valence-corrected chi connectivity index (χ3v) is 9.83. The summed E-state index contributed by atoms with van der Waals surface area (Å²) < 4.78 is 25.5. The van der Waals surface area contributed by atoms with E-state index in [1.807, 2.05) is 81.3 Å². The molecule has 2 aliphatic heterocycles. The molecule has 0 fully saturated rings. The number of allylic oxidation sites excluding steroid dienone is 1. The van der Waals surface area contributed by atoms with Gasteiger partial charge in [-0.1, -0.05) is 24.3 Å². The van der Waals surface area contributed by atoms with Gasteiger partial charge in [0.05, 0.1) is 43.2 Å². The zero-order chi connectivity index (χ0) is 37.9. The van der Waals surface area contributed by atoms with Crippen LogP contribution in [0.3, 0.4) is 0 Å². The first-order valence-electron chi connectivity index (χ1n) is 17.8. The van der Waals surface area contributed by atoms with E-state index in [1.54, 1.807) is 0 Å². The third-order valence-electron chi connectivity index (χ3n) is 9.83. The SMILES string of the molecule is Cc1ccc2c(c1)OCCOc1cc(C3=C4C=CC(C)(N(C)C)C=C4Oc4cc(N(C)C)ccc43)ccc1N(CC(N)=O)CCOCCN2CC(N)=O. The minimum Gasteiger partial charge on any atom is -0.488 e. The van der Waals surface area contributed by atoms with Crippen molar-refractivity contribution in [1.82, 2.24) is 4.90 Å². The highest BCUT2D eigenvalue weighted by Crippen LogP contribution is 2.47. The van der Waals surface area contributed by atoms with Crippen molar-refractivity contribution in [2.75, 3.05) is 95.5 Å². The summed E-state index contributed by atoms with van der Waals surface area (Å²) in [5.41, 5.74) is 18.4. The van der Waals surface area contributed by atoms with Crippen LogP contribution in [0.25, 0.3) is 5.57 Å². The van der Waals surface area contributed by atoms with Gasteiger partial charge in [0.2, 0.25) is 11.8 Å². The normalized spacial score (nSPS) is 18.9. The number of fused-ring (bicyclic) bond motifs is 4. The quantitative estimate of drug-likeness (QED) is 0.367. The van der Waals surface area contributed by atoms with Gasteiger partial charge >= 0.3 is 0 Å². The summed E-state index contributed by atoms with van der Waals surface area (Å²) >= 11 is 0. The molecule has 3 aromatic carbocycles. The van der Waals surface area contributed by atoms with Gasteiger partial charge in [0, 0.05) is 55.6 Å². The van der Waals surface area contributed by atoms with Crippen molar-refractivity contribution in [3.05, 3.63) is 101 Å². The van der Waals surface area contributed by atoms with Crippen LogP contribution in [0.15, 0.2) is 84.2 Å². The van der Waals surface area contributed by atoms with Gasteiger partial charge in [0.25, 0.3) is 0 Å². The first-order chi connectivity index (χ1) is 25.3. The number of anilines is 3. The Morgan fingerprint density at radius 2 is 1.42 bits per heavy atom. The predicted molar refractivity (Wildman–Crippen MR) is 209 cm³/mol. The topological polar surface area (TPSA) is 136 Å². The number of ether oxygens (including phenoxy) is 4. The Bertz CT molecular complexity index is 1970.